The third kappa shape index (κ3) is 4.51. The zero-order valence-corrected chi connectivity index (χ0v) is 14.1. The molecule has 0 spiro atoms. The van der Waals surface area contributed by atoms with Crippen LogP contribution in [0.5, 0.6) is 0 Å². The lowest BCUT2D eigenvalue weighted by Gasteiger charge is -2.10. The maximum Gasteiger partial charge on any atom is 0.323 e. The highest BCUT2D eigenvalue weighted by atomic mass is 19.1. The first-order valence-corrected chi connectivity index (χ1v) is 8.02. The van der Waals surface area contributed by atoms with Crippen molar-refractivity contribution in [3.8, 4) is 0 Å². The molecule has 0 aromatic heterocycles. The lowest BCUT2D eigenvalue weighted by molar-refractivity contribution is 0.262. The number of nitrogens with one attached hydrogen (secondary N) is 2. The van der Waals surface area contributed by atoms with E-state index in [1.165, 1.54) is 12.1 Å². The van der Waals surface area contributed by atoms with Crippen molar-refractivity contribution < 1.29 is 9.18 Å². The minimum Gasteiger partial charge on any atom is -0.306 e. The number of nitrogens with zero attached hydrogens (tertiary/aromatic N) is 2. The Morgan fingerprint density at radius 2 is 1.54 bits per heavy atom. The van der Waals surface area contributed by atoms with Crippen LogP contribution >= 0.6 is 0 Å². The molecule has 6 heteroatoms. The molecule has 2 N–H and O–H groups in total. The predicted molar refractivity (Wildman–Crippen MR) is 101 cm³/mol. The zero-order chi connectivity index (χ0) is 18.4. The van der Waals surface area contributed by atoms with Crippen molar-refractivity contribution in [3.05, 3.63) is 84.2 Å². The van der Waals surface area contributed by atoms with Crippen LogP contribution in [0.1, 0.15) is 5.56 Å². The molecule has 0 bridgehead atoms. The highest BCUT2D eigenvalue weighted by Crippen LogP contribution is 2.28. The van der Waals surface area contributed by atoms with Gasteiger partial charge in [-0.3, -0.25) is 0 Å². The summed E-state index contributed by atoms with van der Waals surface area (Å²) in [6.45, 7) is 1.90. The lowest BCUT2D eigenvalue weighted by Crippen LogP contribution is -2.20. The molecule has 3 aromatic rings. The molecule has 2 amide bonds. The molecule has 0 radical (unpaired) electrons. The Bertz CT molecular complexity index is 942. The Balaban J connectivity index is 1.78. The zero-order valence-electron chi connectivity index (χ0n) is 14.1. The molecule has 0 heterocycles. The first kappa shape index (κ1) is 17.3. The van der Waals surface area contributed by atoms with Crippen molar-refractivity contribution in [2.24, 2.45) is 10.2 Å². The van der Waals surface area contributed by atoms with Gasteiger partial charge >= 0.3 is 6.03 Å². The molecule has 0 fully saturated rings. The summed E-state index contributed by atoms with van der Waals surface area (Å²) in [5, 5.41) is 13.5. The number of rotatable bonds is 4. The summed E-state index contributed by atoms with van der Waals surface area (Å²) in [5.41, 5.74) is 2.74. The van der Waals surface area contributed by atoms with Crippen LogP contribution in [0.15, 0.2) is 83.0 Å². The summed E-state index contributed by atoms with van der Waals surface area (Å²) >= 11 is 0. The highest BCUT2D eigenvalue weighted by molar-refractivity contribution is 6.01. The van der Waals surface area contributed by atoms with Gasteiger partial charge in [-0.2, -0.15) is 5.11 Å². The van der Waals surface area contributed by atoms with Gasteiger partial charge in [0.25, 0.3) is 0 Å². The number of carbonyl (C=O) groups is 1. The minimum absolute atomic E-state index is 0.102. The fourth-order valence-corrected chi connectivity index (χ4v) is 2.28. The van der Waals surface area contributed by atoms with Gasteiger partial charge in [-0.05, 0) is 48.9 Å². The largest absolute Gasteiger partial charge is 0.323 e. The number of aryl methyl sites for hydroxylation is 1. The number of azo groups is 1. The topological polar surface area (TPSA) is 65.8 Å². The molecular formula is C20H17FN4O. The molecule has 5 nitrogen and oxygen atoms in total. The number of benzene rings is 3. The summed E-state index contributed by atoms with van der Waals surface area (Å²) in [7, 11) is 0. The molecule has 3 aromatic carbocycles. The first-order chi connectivity index (χ1) is 12.6. The number of carbonyl (C=O) groups excluding carboxylic acids is 1. The Morgan fingerprint density at radius 3 is 2.31 bits per heavy atom. The van der Waals surface area contributed by atoms with Gasteiger partial charge in [0.2, 0.25) is 0 Å². The van der Waals surface area contributed by atoms with Crippen LogP contribution in [0.25, 0.3) is 0 Å². The van der Waals surface area contributed by atoms with E-state index in [4.69, 9.17) is 0 Å². The normalized spacial score (nSPS) is 10.7. The van der Waals surface area contributed by atoms with Crippen molar-refractivity contribution >= 4 is 28.8 Å². The molecule has 0 unspecified atom stereocenters. The number of hydrogen-bond donors (Lipinski definition) is 2. The number of halogens is 1. The van der Waals surface area contributed by atoms with Crippen LogP contribution in [0.3, 0.4) is 0 Å². The van der Waals surface area contributed by atoms with E-state index in [0.717, 1.165) is 5.56 Å². The smallest absolute Gasteiger partial charge is 0.306 e. The van der Waals surface area contributed by atoms with Gasteiger partial charge in [0.05, 0.1) is 17.1 Å². The van der Waals surface area contributed by atoms with Gasteiger partial charge < -0.3 is 10.6 Å². The summed E-state index contributed by atoms with van der Waals surface area (Å²) in [5.74, 6) is -0.504. The van der Waals surface area contributed by atoms with Gasteiger partial charge in [0, 0.05) is 0 Å². The Hall–Kier alpha value is -3.54. The maximum absolute atomic E-state index is 13.7. The number of hydrogen-bond acceptors (Lipinski definition) is 3. The number of anilines is 2. The minimum atomic E-state index is -0.558. The summed E-state index contributed by atoms with van der Waals surface area (Å²) in [6.07, 6.45) is 0. The molecule has 0 saturated heterocycles. The summed E-state index contributed by atoms with van der Waals surface area (Å²) in [4.78, 5) is 12.2. The van der Waals surface area contributed by atoms with Crippen LogP contribution in [0.2, 0.25) is 0 Å². The molecule has 0 saturated carbocycles. The highest BCUT2D eigenvalue weighted by Gasteiger charge is 2.09. The SMILES string of the molecule is Cc1ccc(N=Nc2ccccc2)c(NC(=O)Nc2ccccc2F)c1. The van der Waals surface area contributed by atoms with Crippen molar-refractivity contribution in [1.29, 1.82) is 0 Å². The molecule has 0 aliphatic heterocycles. The number of urea groups is 1. The van der Waals surface area contributed by atoms with Gasteiger partial charge in [-0.1, -0.05) is 36.4 Å². The van der Waals surface area contributed by atoms with E-state index in [-0.39, 0.29) is 5.69 Å². The molecule has 0 aliphatic rings. The average molecular weight is 348 g/mol. The molecule has 26 heavy (non-hydrogen) atoms. The third-order valence-corrected chi connectivity index (χ3v) is 3.55. The second kappa shape index (κ2) is 8.02. The monoisotopic (exact) mass is 348 g/mol. The maximum atomic E-state index is 13.7. The van der Waals surface area contributed by atoms with E-state index < -0.39 is 11.8 Å². The quantitative estimate of drug-likeness (QED) is 0.542. The molecule has 0 aliphatic carbocycles. The van der Waals surface area contributed by atoms with Gasteiger partial charge in [0.15, 0.2) is 0 Å². The number of amides is 2. The van der Waals surface area contributed by atoms with Crippen LogP contribution in [0.4, 0.5) is 31.9 Å². The molecule has 3 rings (SSSR count). The van der Waals surface area contributed by atoms with E-state index in [1.54, 1.807) is 24.3 Å². The fraction of sp³-hybridized carbons (Fsp3) is 0.0500. The Kier molecular flexibility index (Phi) is 5.34. The Labute approximate surface area is 150 Å². The van der Waals surface area contributed by atoms with Crippen molar-refractivity contribution in [2.45, 2.75) is 6.92 Å². The van der Waals surface area contributed by atoms with E-state index in [0.29, 0.717) is 17.1 Å². The predicted octanol–water partition coefficient (Wildman–Crippen LogP) is 6.19. The van der Waals surface area contributed by atoms with Gasteiger partial charge in [-0.25, -0.2) is 9.18 Å². The van der Waals surface area contributed by atoms with Crippen LogP contribution in [-0.4, -0.2) is 6.03 Å². The van der Waals surface area contributed by atoms with Crippen LogP contribution in [-0.2, 0) is 0 Å². The lowest BCUT2D eigenvalue weighted by atomic mass is 10.2. The molecule has 130 valence electrons. The van der Waals surface area contributed by atoms with Crippen molar-refractivity contribution in [2.75, 3.05) is 10.6 Å². The van der Waals surface area contributed by atoms with Gasteiger partial charge in [-0.15, -0.1) is 5.11 Å². The molecular weight excluding hydrogens is 331 g/mol. The van der Waals surface area contributed by atoms with Crippen molar-refractivity contribution in [3.63, 3.8) is 0 Å². The van der Waals surface area contributed by atoms with Crippen LogP contribution in [0, 0.1) is 12.7 Å². The number of para-hydroxylation sites is 1. The average Bonchev–Trinajstić information content (AvgIpc) is 2.64. The Morgan fingerprint density at radius 1 is 0.846 bits per heavy atom. The van der Waals surface area contributed by atoms with E-state index in [2.05, 4.69) is 20.9 Å². The second-order valence-corrected chi connectivity index (χ2v) is 5.62. The van der Waals surface area contributed by atoms with Crippen LogP contribution < -0.4 is 10.6 Å². The van der Waals surface area contributed by atoms with Gasteiger partial charge in [0.1, 0.15) is 11.5 Å². The fourth-order valence-electron chi connectivity index (χ4n) is 2.28. The van der Waals surface area contributed by atoms with E-state index >= 15 is 0 Å². The van der Waals surface area contributed by atoms with E-state index in [1.807, 2.05) is 43.3 Å². The molecule has 0 atom stereocenters. The van der Waals surface area contributed by atoms with Crippen molar-refractivity contribution in [1.82, 2.24) is 0 Å². The van der Waals surface area contributed by atoms with E-state index in [9.17, 15) is 9.18 Å². The summed E-state index contributed by atoms with van der Waals surface area (Å²) in [6, 6.07) is 20.1. The third-order valence-electron chi connectivity index (χ3n) is 3.55. The second-order valence-electron chi connectivity index (χ2n) is 5.62. The first-order valence-electron chi connectivity index (χ1n) is 8.02. The summed E-state index contributed by atoms with van der Waals surface area (Å²) < 4.78 is 13.7. The standard InChI is InChI=1S/C20H17FN4O/c1-14-11-12-18(25-24-15-7-3-2-4-8-15)19(13-14)23-20(26)22-17-10-6-5-9-16(17)21/h2-13H,1H3,(H2,22,23,26).